The van der Waals surface area contributed by atoms with Crippen LogP contribution in [0.1, 0.15) is 66.0 Å². The first kappa shape index (κ1) is 31.4. The van der Waals surface area contributed by atoms with Gasteiger partial charge in [-0.2, -0.15) is 0 Å². The Morgan fingerprint density at radius 1 is 0.778 bits per heavy atom. The summed E-state index contributed by atoms with van der Waals surface area (Å²) in [5.74, 6) is -1.22. The average molecular weight is 671 g/mol. The van der Waals surface area contributed by atoms with Gasteiger partial charge in [0, 0.05) is 6.42 Å². The quantitative estimate of drug-likeness (QED) is 0.180. The average Bonchev–Trinajstić information content (AvgIpc) is 3.37. The number of halogens is 1. The van der Waals surface area contributed by atoms with Crippen molar-refractivity contribution in [2.45, 2.75) is 70.4 Å². The second-order valence-electron chi connectivity index (χ2n) is 14.3. The van der Waals surface area contributed by atoms with Crippen LogP contribution in [0.3, 0.4) is 0 Å². The van der Waals surface area contributed by atoms with Crippen LogP contribution in [-0.2, 0) is 19.1 Å². The molecule has 2 fully saturated rings. The van der Waals surface area contributed by atoms with Gasteiger partial charge in [-0.25, -0.2) is 4.90 Å². The number of ether oxygens (including phenoxy) is 2. The summed E-state index contributed by atoms with van der Waals surface area (Å²) in [6.07, 6.45) is 0.689. The number of alkyl halides is 1. The maximum absolute atomic E-state index is 14.6. The molecule has 4 atom stereocenters. The lowest BCUT2D eigenvalue weighted by Gasteiger charge is -2.41. The van der Waals surface area contributed by atoms with Crippen LogP contribution in [-0.4, -0.2) is 39.7 Å². The number of Topliss-reactive ketones (excluding diaryl/α,β-unsaturated/α-hetero) is 1. The molecule has 2 bridgehead atoms. The zero-order valence-electron chi connectivity index (χ0n) is 26.9. The van der Waals surface area contributed by atoms with E-state index in [2.05, 4.69) is 15.9 Å². The number of fused-ring (bicyclic) bond motifs is 5. The van der Waals surface area contributed by atoms with Gasteiger partial charge in [-0.05, 0) is 95.0 Å². The van der Waals surface area contributed by atoms with E-state index in [1.807, 2.05) is 109 Å². The molecule has 1 saturated heterocycles. The fourth-order valence-electron chi connectivity index (χ4n) is 7.68. The zero-order valence-corrected chi connectivity index (χ0v) is 28.5. The Morgan fingerprint density at radius 2 is 1.31 bits per heavy atom. The molecule has 4 unspecified atom stereocenters. The molecule has 7 heteroatoms. The highest BCUT2D eigenvalue weighted by molar-refractivity contribution is 9.10. The SMILES string of the molecule is CC(C)(C)OCCC(C)(C)Oc1ccc(N2C(=O)C3C4(C)C(=O)C(C)(C(c5ccccc5)=C4c4ccccc4)C3(Br)C2=O)cc1. The number of hydrogen-bond acceptors (Lipinski definition) is 5. The van der Waals surface area contributed by atoms with Crippen LogP contribution in [0.25, 0.3) is 11.1 Å². The van der Waals surface area contributed by atoms with Crippen LogP contribution in [0.15, 0.2) is 84.9 Å². The van der Waals surface area contributed by atoms with Gasteiger partial charge in [0.25, 0.3) is 5.91 Å². The van der Waals surface area contributed by atoms with Crippen molar-refractivity contribution in [3.8, 4) is 5.75 Å². The summed E-state index contributed by atoms with van der Waals surface area (Å²) in [5.41, 5.74) is 0.558. The molecule has 1 aliphatic heterocycles. The lowest BCUT2D eigenvalue weighted by molar-refractivity contribution is -0.133. The van der Waals surface area contributed by atoms with Crippen molar-refractivity contribution in [3.63, 3.8) is 0 Å². The monoisotopic (exact) mass is 669 g/mol. The summed E-state index contributed by atoms with van der Waals surface area (Å²) in [6.45, 7) is 14.3. The molecule has 3 aliphatic rings. The van der Waals surface area contributed by atoms with Gasteiger partial charge in [-0.15, -0.1) is 0 Å². The van der Waals surface area contributed by atoms with Crippen molar-refractivity contribution in [2.75, 3.05) is 11.5 Å². The van der Waals surface area contributed by atoms with E-state index in [-0.39, 0.29) is 17.3 Å². The Kier molecular flexibility index (Phi) is 7.33. The Labute approximate surface area is 273 Å². The molecular weight excluding hydrogens is 630 g/mol. The molecule has 6 rings (SSSR count). The normalized spacial score (nSPS) is 27.9. The molecule has 0 radical (unpaired) electrons. The number of imide groups is 1. The fraction of sp³-hybridized carbons (Fsp3) is 0.395. The predicted octanol–water partition coefficient (Wildman–Crippen LogP) is 7.89. The topological polar surface area (TPSA) is 72.9 Å². The van der Waals surface area contributed by atoms with Crippen LogP contribution in [0.2, 0.25) is 0 Å². The second-order valence-corrected chi connectivity index (χ2v) is 15.6. The minimum Gasteiger partial charge on any atom is -0.488 e. The largest absolute Gasteiger partial charge is 0.488 e. The summed E-state index contributed by atoms with van der Waals surface area (Å²) >= 11 is 3.83. The Morgan fingerprint density at radius 3 is 1.84 bits per heavy atom. The zero-order chi connectivity index (χ0) is 32.6. The number of anilines is 1. The van der Waals surface area contributed by atoms with Gasteiger partial charge < -0.3 is 9.47 Å². The maximum Gasteiger partial charge on any atom is 0.252 e. The Hall–Kier alpha value is -3.55. The number of carbonyl (C=O) groups excluding carboxylic acids is 3. The third-order valence-electron chi connectivity index (χ3n) is 9.73. The number of rotatable bonds is 8. The minimum atomic E-state index is -1.45. The number of nitrogens with zero attached hydrogens (tertiary/aromatic N) is 1. The molecule has 3 aromatic rings. The molecule has 2 amide bonds. The third kappa shape index (κ3) is 4.57. The third-order valence-corrected chi connectivity index (χ3v) is 11.3. The highest BCUT2D eigenvalue weighted by Crippen LogP contribution is 2.77. The first-order valence-corrected chi connectivity index (χ1v) is 16.3. The molecule has 1 heterocycles. The molecule has 0 N–H and O–H groups in total. The van der Waals surface area contributed by atoms with Crippen LogP contribution in [0.5, 0.6) is 5.75 Å². The van der Waals surface area contributed by atoms with Gasteiger partial charge in [0.15, 0.2) is 5.78 Å². The molecule has 2 aliphatic carbocycles. The van der Waals surface area contributed by atoms with Gasteiger partial charge in [0.05, 0.1) is 34.6 Å². The number of amides is 2. The van der Waals surface area contributed by atoms with Crippen molar-refractivity contribution in [1.82, 2.24) is 0 Å². The highest BCUT2D eigenvalue weighted by atomic mass is 79.9. The number of allylic oxidation sites excluding steroid dienone is 2. The number of hydrogen-bond donors (Lipinski definition) is 0. The van der Waals surface area contributed by atoms with Crippen molar-refractivity contribution in [1.29, 1.82) is 0 Å². The molecule has 6 nitrogen and oxygen atoms in total. The summed E-state index contributed by atoms with van der Waals surface area (Å²) < 4.78 is 10.7. The van der Waals surface area contributed by atoms with Crippen LogP contribution in [0, 0.1) is 16.7 Å². The minimum absolute atomic E-state index is 0.114. The Bertz CT molecular complexity index is 1710. The number of ketones is 1. The van der Waals surface area contributed by atoms with Gasteiger partial charge in [0.1, 0.15) is 15.7 Å². The van der Waals surface area contributed by atoms with Crippen LogP contribution in [0.4, 0.5) is 5.69 Å². The second kappa shape index (κ2) is 10.5. The van der Waals surface area contributed by atoms with Crippen LogP contribution < -0.4 is 9.64 Å². The van der Waals surface area contributed by atoms with Gasteiger partial charge >= 0.3 is 0 Å². The van der Waals surface area contributed by atoms with E-state index in [0.717, 1.165) is 22.3 Å². The first-order valence-electron chi connectivity index (χ1n) is 15.5. The lowest BCUT2D eigenvalue weighted by Crippen LogP contribution is -2.50. The molecule has 0 spiro atoms. The predicted molar refractivity (Wildman–Crippen MR) is 180 cm³/mol. The summed E-state index contributed by atoms with van der Waals surface area (Å²) in [7, 11) is 0. The number of carbonyl (C=O) groups is 3. The summed E-state index contributed by atoms with van der Waals surface area (Å²) in [5, 5.41) is 0. The van der Waals surface area contributed by atoms with E-state index in [4.69, 9.17) is 9.47 Å². The smallest absolute Gasteiger partial charge is 0.252 e. The Balaban J connectivity index is 1.37. The van der Waals surface area contributed by atoms with Gasteiger partial charge in [-0.3, -0.25) is 14.4 Å². The van der Waals surface area contributed by atoms with E-state index in [0.29, 0.717) is 24.5 Å². The standard InChI is InChI=1S/C38H40BrNO5/c1-34(2,3)44-23-22-35(4,5)45-27-20-18-26(19-21-27)40-31(41)30-36(6)28(24-14-10-8-11-15-24)29(25-16-12-9-13-17-25)37(7,32(36)42)38(30,39)33(40)43/h8-21,30H,22-23H2,1-7H3. The van der Waals surface area contributed by atoms with Crippen LogP contribution >= 0.6 is 15.9 Å². The summed E-state index contributed by atoms with van der Waals surface area (Å²) in [6, 6.07) is 26.5. The molecular formula is C38H40BrNO5. The van der Waals surface area contributed by atoms with Gasteiger partial charge in [0.2, 0.25) is 5.91 Å². The summed E-state index contributed by atoms with van der Waals surface area (Å²) in [4.78, 5) is 44.9. The lowest BCUT2D eigenvalue weighted by atomic mass is 9.63. The van der Waals surface area contributed by atoms with E-state index >= 15 is 0 Å². The highest BCUT2D eigenvalue weighted by Gasteiger charge is 2.85. The van der Waals surface area contributed by atoms with Crippen molar-refractivity contribution in [3.05, 3.63) is 96.1 Å². The van der Waals surface area contributed by atoms with Crippen molar-refractivity contribution >= 4 is 50.4 Å². The van der Waals surface area contributed by atoms with E-state index in [1.54, 1.807) is 24.3 Å². The molecule has 1 saturated carbocycles. The maximum atomic E-state index is 14.6. The van der Waals surface area contributed by atoms with E-state index in [1.165, 1.54) is 4.90 Å². The van der Waals surface area contributed by atoms with Gasteiger partial charge in [-0.1, -0.05) is 76.6 Å². The van der Waals surface area contributed by atoms with Crippen molar-refractivity contribution in [2.24, 2.45) is 16.7 Å². The fourth-order valence-corrected chi connectivity index (χ4v) is 8.89. The molecule has 45 heavy (non-hydrogen) atoms. The molecule has 234 valence electrons. The van der Waals surface area contributed by atoms with Crippen molar-refractivity contribution < 1.29 is 23.9 Å². The molecule has 0 aromatic heterocycles. The van der Waals surface area contributed by atoms with E-state index < -0.39 is 32.6 Å². The van der Waals surface area contributed by atoms with E-state index in [9.17, 15) is 14.4 Å². The first-order chi connectivity index (χ1) is 21.1. The molecule has 3 aromatic carbocycles. The number of benzene rings is 3.